The Kier molecular flexibility index (Phi) is 5.65. The molecule has 2 heterocycles. The van der Waals surface area contributed by atoms with Gasteiger partial charge in [0.25, 0.3) is 0 Å². The lowest BCUT2D eigenvalue weighted by Crippen LogP contribution is -2.52. The van der Waals surface area contributed by atoms with E-state index in [0.717, 1.165) is 17.7 Å². The summed E-state index contributed by atoms with van der Waals surface area (Å²) in [7, 11) is 3.20. The van der Waals surface area contributed by atoms with E-state index >= 15 is 0 Å². The highest BCUT2D eigenvalue weighted by molar-refractivity contribution is 6.07. The maximum atomic E-state index is 13.3. The number of carboxylic acid groups (broad SMARTS) is 1. The number of allylic oxidation sites excluding steroid dienone is 2. The first-order chi connectivity index (χ1) is 14.5. The fourth-order valence-electron chi connectivity index (χ4n) is 4.63. The molecule has 4 rings (SSSR count). The minimum atomic E-state index is -0.912. The Bertz CT molecular complexity index is 889. The molecule has 160 valence electrons. The molecule has 1 aromatic rings. The van der Waals surface area contributed by atoms with E-state index in [9.17, 15) is 14.7 Å². The van der Waals surface area contributed by atoms with Crippen LogP contribution < -0.4 is 9.47 Å². The lowest BCUT2D eigenvalue weighted by atomic mass is 9.76. The topological polar surface area (TPSA) is 91.7 Å². The summed E-state index contributed by atoms with van der Waals surface area (Å²) in [6.45, 7) is 0.831. The van der Waals surface area contributed by atoms with Gasteiger partial charge in [-0.05, 0) is 43.9 Å². The van der Waals surface area contributed by atoms with Gasteiger partial charge in [-0.25, -0.2) is 9.80 Å². The molecule has 30 heavy (non-hydrogen) atoms. The molecule has 2 aliphatic heterocycles. The minimum Gasteiger partial charge on any atom is -0.493 e. The number of hydrogen-bond acceptors (Lipinski definition) is 5. The van der Waals surface area contributed by atoms with E-state index in [1.54, 1.807) is 19.2 Å². The summed E-state index contributed by atoms with van der Waals surface area (Å²) in [5.41, 5.74) is 1.80. The Morgan fingerprint density at radius 1 is 1.07 bits per heavy atom. The number of ether oxygens (including phenoxy) is 2. The molecular weight excluding hydrogens is 386 g/mol. The number of rotatable bonds is 4. The average molecular weight is 413 g/mol. The SMILES string of the molecule is COc1ccc(C2=NN(C3CCN(C(=O)O)CC3)C(=O)[C@@H]3CC=CC[C@H]23)cc1OC. The number of carbonyl (C=O) groups is 2. The van der Waals surface area contributed by atoms with Crippen molar-refractivity contribution < 1.29 is 24.2 Å². The van der Waals surface area contributed by atoms with Gasteiger partial charge in [0.2, 0.25) is 5.91 Å². The molecular formula is C22H27N3O5. The number of hydrogen-bond donors (Lipinski definition) is 1. The second kappa shape index (κ2) is 8.38. The summed E-state index contributed by atoms with van der Waals surface area (Å²) in [6, 6.07) is 5.64. The van der Waals surface area contributed by atoms with Gasteiger partial charge in [-0.1, -0.05) is 12.2 Å². The monoisotopic (exact) mass is 413 g/mol. The molecule has 8 heteroatoms. The minimum absolute atomic E-state index is 0.0240. The predicted molar refractivity (Wildman–Crippen MR) is 111 cm³/mol. The molecule has 1 aromatic carbocycles. The molecule has 0 radical (unpaired) electrons. The van der Waals surface area contributed by atoms with Crippen molar-refractivity contribution in [3.63, 3.8) is 0 Å². The van der Waals surface area contributed by atoms with Crippen molar-refractivity contribution in [3.8, 4) is 11.5 Å². The molecule has 8 nitrogen and oxygen atoms in total. The summed E-state index contributed by atoms with van der Waals surface area (Å²) < 4.78 is 10.8. The van der Waals surface area contributed by atoms with Crippen LogP contribution in [0.2, 0.25) is 0 Å². The standard InChI is InChI=1S/C22H27N3O5/c1-29-18-8-7-14(13-19(18)30-2)20-16-5-3-4-6-17(16)21(26)25(23-20)15-9-11-24(12-10-15)22(27)28/h3-4,7-8,13,15-17H,5-6,9-12H2,1-2H3,(H,27,28)/t16-,17+/m0/s1. The summed E-state index contributed by atoms with van der Waals surface area (Å²) in [6.07, 6.45) is 5.93. The van der Waals surface area contributed by atoms with Gasteiger partial charge in [0.1, 0.15) is 0 Å². The van der Waals surface area contributed by atoms with Gasteiger partial charge >= 0.3 is 6.09 Å². The zero-order valence-corrected chi connectivity index (χ0v) is 17.3. The van der Waals surface area contributed by atoms with Crippen molar-refractivity contribution in [3.05, 3.63) is 35.9 Å². The number of nitrogens with zero attached hydrogens (tertiary/aromatic N) is 3. The number of likely N-dealkylation sites (tertiary alicyclic amines) is 1. The Morgan fingerprint density at radius 2 is 1.73 bits per heavy atom. The smallest absolute Gasteiger partial charge is 0.407 e. The third-order valence-corrected chi connectivity index (χ3v) is 6.30. The van der Waals surface area contributed by atoms with E-state index in [1.807, 2.05) is 18.2 Å². The lowest BCUT2D eigenvalue weighted by molar-refractivity contribution is -0.141. The number of methoxy groups -OCH3 is 2. The number of piperidine rings is 1. The molecule has 1 N–H and O–H groups in total. The zero-order valence-electron chi connectivity index (χ0n) is 17.3. The molecule has 0 unspecified atom stereocenters. The van der Waals surface area contributed by atoms with Gasteiger partial charge in [-0.3, -0.25) is 4.79 Å². The molecule has 2 atom stereocenters. The molecule has 0 spiro atoms. The van der Waals surface area contributed by atoms with Gasteiger partial charge in [-0.15, -0.1) is 0 Å². The first-order valence-corrected chi connectivity index (χ1v) is 10.3. The van der Waals surface area contributed by atoms with E-state index in [1.165, 1.54) is 4.90 Å². The Labute approximate surface area is 175 Å². The number of carbonyl (C=O) groups excluding carboxylic acids is 1. The second-order valence-corrected chi connectivity index (χ2v) is 7.89. The van der Waals surface area contributed by atoms with Gasteiger partial charge in [0.05, 0.1) is 31.9 Å². The van der Waals surface area contributed by atoms with Crippen molar-refractivity contribution >= 4 is 17.7 Å². The molecule has 1 saturated heterocycles. The molecule has 1 fully saturated rings. The Morgan fingerprint density at radius 3 is 2.37 bits per heavy atom. The summed E-state index contributed by atoms with van der Waals surface area (Å²) in [5, 5.41) is 15.7. The highest BCUT2D eigenvalue weighted by Crippen LogP contribution is 2.38. The van der Waals surface area contributed by atoms with Gasteiger partial charge in [-0.2, -0.15) is 5.10 Å². The molecule has 1 aliphatic carbocycles. The average Bonchev–Trinajstić information content (AvgIpc) is 2.79. The van der Waals surface area contributed by atoms with Crippen molar-refractivity contribution in [1.82, 2.24) is 9.91 Å². The van der Waals surface area contributed by atoms with Gasteiger partial charge in [0.15, 0.2) is 11.5 Å². The normalized spacial score (nSPS) is 24.3. The zero-order chi connectivity index (χ0) is 21.3. The van der Waals surface area contributed by atoms with E-state index in [2.05, 4.69) is 12.2 Å². The van der Waals surface area contributed by atoms with Crippen LogP contribution in [0.4, 0.5) is 4.79 Å². The van der Waals surface area contributed by atoms with Crippen LogP contribution in [0.3, 0.4) is 0 Å². The Hall–Kier alpha value is -3.03. The molecule has 2 amide bonds. The quantitative estimate of drug-likeness (QED) is 0.767. The van der Waals surface area contributed by atoms with Crippen LogP contribution in [-0.4, -0.2) is 66.1 Å². The number of benzene rings is 1. The third-order valence-electron chi connectivity index (χ3n) is 6.30. The first-order valence-electron chi connectivity index (χ1n) is 10.3. The van der Waals surface area contributed by atoms with Crippen molar-refractivity contribution in [2.45, 2.75) is 31.7 Å². The third kappa shape index (κ3) is 3.62. The fourth-order valence-corrected chi connectivity index (χ4v) is 4.63. The van der Waals surface area contributed by atoms with Crippen LogP contribution in [0.25, 0.3) is 0 Å². The van der Waals surface area contributed by atoms with Gasteiger partial charge in [0, 0.05) is 24.6 Å². The number of hydrazone groups is 1. The van der Waals surface area contributed by atoms with Crippen molar-refractivity contribution in [1.29, 1.82) is 0 Å². The number of amides is 2. The van der Waals surface area contributed by atoms with Crippen LogP contribution in [0.15, 0.2) is 35.5 Å². The van der Waals surface area contributed by atoms with Crippen LogP contribution in [-0.2, 0) is 4.79 Å². The van der Waals surface area contributed by atoms with Crippen LogP contribution in [0.5, 0.6) is 11.5 Å². The number of fused-ring (bicyclic) bond motifs is 1. The first kappa shape index (κ1) is 20.3. The summed E-state index contributed by atoms with van der Waals surface area (Å²) in [4.78, 5) is 25.9. The molecule has 0 bridgehead atoms. The predicted octanol–water partition coefficient (Wildman–Crippen LogP) is 2.97. The van der Waals surface area contributed by atoms with E-state index in [-0.39, 0.29) is 23.8 Å². The van der Waals surface area contributed by atoms with Gasteiger partial charge < -0.3 is 19.5 Å². The molecule has 3 aliphatic rings. The van der Waals surface area contributed by atoms with Crippen LogP contribution >= 0.6 is 0 Å². The summed E-state index contributed by atoms with van der Waals surface area (Å²) >= 11 is 0. The van der Waals surface area contributed by atoms with Crippen molar-refractivity contribution in [2.24, 2.45) is 16.9 Å². The van der Waals surface area contributed by atoms with E-state index < -0.39 is 6.09 Å². The van der Waals surface area contributed by atoms with Crippen molar-refractivity contribution in [2.75, 3.05) is 27.3 Å². The van der Waals surface area contributed by atoms with E-state index in [4.69, 9.17) is 14.6 Å². The van der Waals surface area contributed by atoms with Crippen LogP contribution in [0, 0.1) is 11.8 Å². The largest absolute Gasteiger partial charge is 0.493 e. The highest BCUT2D eigenvalue weighted by Gasteiger charge is 2.43. The maximum Gasteiger partial charge on any atom is 0.407 e. The maximum absolute atomic E-state index is 13.3. The van der Waals surface area contributed by atoms with Crippen LogP contribution in [0.1, 0.15) is 31.2 Å². The highest BCUT2D eigenvalue weighted by atomic mass is 16.5. The van der Waals surface area contributed by atoms with E-state index in [0.29, 0.717) is 43.9 Å². The lowest BCUT2D eigenvalue weighted by Gasteiger charge is -2.42. The summed E-state index contributed by atoms with van der Waals surface area (Å²) in [5.74, 6) is 1.19. The molecule has 0 aromatic heterocycles. The fraction of sp³-hybridized carbons (Fsp3) is 0.500. The molecule has 0 saturated carbocycles. The second-order valence-electron chi connectivity index (χ2n) is 7.89. The Balaban J connectivity index is 1.68.